The van der Waals surface area contributed by atoms with E-state index in [0.717, 1.165) is 11.1 Å². The third-order valence-corrected chi connectivity index (χ3v) is 4.54. The fourth-order valence-corrected chi connectivity index (χ4v) is 3.06. The maximum atomic E-state index is 12.3. The molecule has 2 atom stereocenters. The van der Waals surface area contributed by atoms with E-state index in [-0.39, 0.29) is 0 Å². The van der Waals surface area contributed by atoms with E-state index >= 15 is 0 Å². The van der Waals surface area contributed by atoms with Crippen molar-refractivity contribution in [2.75, 3.05) is 28.4 Å². The van der Waals surface area contributed by atoms with Gasteiger partial charge in [0.05, 0.1) is 28.4 Å². The summed E-state index contributed by atoms with van der Waals surface area (Å²) >= 11 is 0. The lowest BCUT2D eigenvalue weighted by atomic mass is 10.0. The highest BCUT2D eigenvalue weighted by molar-refractivity contribution is 5.99. The van der Waals surface area contributed by atoms with Crippen molar-refractivity contribution < 1.29 is 28.5 Å². The lowest BCUT2D eigenvalue weighted by Gasteiger charge is -2.17. The molecule has 0 radical (unpaired) electrons. The molecule has 0 N–H and O–H groups in total. The van der Waals surface area contributed by atoms with E-state index in [1.165, 1.54) is 28.4 Å². The Balaban J connectivity index is 2.02. The van der Waals surface area contributed by atoms with Crippen LogP contribution in [0.3, 0.4) is 0 Å². The predicted octanol–water partition coefficient (Wildman–Crippen LogP) is 3.08. The highest BCUT2D eigenvalue weighted by Gasteiger charge is 2.39. The largest absolute Gasteiger partial charge is 0.493 e. The first-order valence-corrected chi connectivity index (χ1v) is 8.71. The monoisotopic (exact) mass is 385 g/mol. The second-order valence-corrected chi connectivity index (χ2v) is 6.27. The summed E-state index contributed by atoms with van der Waals surface area (Å²) in [5, 5.41) is 0. The van der Waals surface area contributed by atoms with Gasteiger partial charge < -0.3 is 23.7 Å². The van der Waals surface area contributed by atoms with E-state index in [2.05, 4.69) is 4.99 Å². The Bertz CT molecular complexity index is 865. The number of aryl methyl sites for hydroxylation is 1. The maximum Gasteiger partial charge on any atom is 0.335 e. The van der Waals surface area contributed by atoms with Crippen LogP contribution in [0.4, 0.5) is 0 Å². The van der Waals surface area contributed by atoms with E-state index in [1.807, 2.05) is 31.2 Å². The first-order valence-electron chi connectivity index (χ1n) is 8.71. The van der Waals surface area contributed by atoms with Crippen molar-refractivity contribution in [3.63, 3.8) is 0 Å². The Morgan fingerprint density at radius 3 is 2.07 bits per heavy atom. The smallest absolute Gasteiger partial charge is 0.335 e. The molecule has 2 aromatic carbocycles. The van der Waals surface area contributed by atoms with Gasteiger partial charge in [-0.25, -0.2) is 9.79 Å². The Labute approximate surface area is 163 Å². The Kier molecular flexibility index (Phi) is 5.73. The van der Waals surface area contributed by atoms with Crippen molar-refractivity contribution in [1.82, 2.24) is 0 Å². The molecular formula is C21H23NO6. The van der Waals surface area contributed by atoms with Crippen molar-refractivity contribution in [3.8, 4) is 17.2 Å². The molecule has 0 spiro atoms. The molecule has 3 rings (SSSR count). The Hall–Kier alpha value is -3.22. The summed E-state index contributed by atoms with van der Waals surface area (Å²) in [5.41, 5.74) is 2.56. The molecule has 0 aliphatic carbocycles. The van der Waals surface area contributed by atoms with Crippen molar-refractivity contribution >= 4 is 11.9 Å². The van der Waals surface area contributed by atoms with Crippen LogP contribution in [0, 0.1) is 6.92 Å². The summed E-state index contributed by atoms with van der Waals surface area (Å²) < 4.78 is 27.1. The molecule has 0 saturated heterocycles. The topological polar surface area (TPSA) is 75.6 Å². The zero-order chi connectivity index (χ0) is 20.3. The molecule has 0 unspecified atom stereocenters. The summed E-state index contributed by atoms with van der Waals surface area (Å²) in [6, 6.07) is 10.4. The number of carbonyl (C=O) groups excluding carboxylic acids is 1. The molecule has 1 heterocycles. The van der Waals surface area contributed by atoms with Crippen LogP contribution < -0.4 is 14.2 Å². The van der Waals surface area contributed by atoms with Gasteiger partial charge in [0.25, 0.3) is 0 Å². The number of rotatable bonds is 6. The van der Waals surface area contributed by atoms with Gasteiger partial charge in [-0.2, -0.15) is 0 Å². The van der Waals surface area contributed by atoms with Crippen molar-refractivity contribution in [2.24, 2.45) is 4.99 Å². The van der Waals surface area contributed by atoms with Crippen molar-refractivity contribution in [1.29, 1.82) is 0 Å². The SMILES string of the molecule is COC(=O)[C@H]1N=C(c2cc(OC)c(OC)c(OC)c2)O[C@H]1c1ccc(C)cc1. The molecule has 0 saturated carbocycles. The van der Waals surface area contributed by atoms with Crippen LogP contribution in [0.25, 0.3) is 0 Å². The van der Waals surface area contributed by atoms with Gasteiger partial charge in [0.1, 0.15) is 0 Å². The van der Waals surface area contributed by atoms with Crippen LogP contribution >= 0.6 is 0 Å². The third kappa shape index (κ3) is 3.60. The zero-order valence-corrected chi connectivity index (χ0v) is 16.5. The van der Waals surface area contributed by atoms with Crippen LogP contribution in [0.2, 0.25) is 0 Å². The van der Waals surface area contributed by atoms with E-state index < -0.39 is 18.1 Å². The molecule has 0 bridgehead atoms. The predicted molar refractivity (Wildman–Crippen MR) is 103 cm³/mol. The lowest BCUT2D eigenvalue weighted by molar-refractivity contribution is -0.143. The number of esters is 1. The number of hydrogen-bond acceptors (Lipinski definition) is 7. The summed E-state index contributed by atoms with van der Waals surface area (Å²) in [6.45, 7) is 1.99. The average Bonchev–Trinajstić information content (AvgIpc) is 3.18. The summed E-state index contributed by atoms with van der Waals surface area (Å²) in [4.78, 5) is 16.8. The number of ether oxygens (including phenoxy) is 5. The number of carbonyl (C=O) groups is 1. The fraction of sp³-hybridized carbons (Fsp3) is 0.333. The van der Waals surface area contributed by atoms with Gasteiger partial charge in [-0.05, 0) is 24.6 Å². The minimum absolute atomic E-state index is 0.306. The maximum absolute atomic E-state index is 12.3. The van der Waals surface area contributed by atoms with E-state index in [9.17, 15) is 4.79 Å². The zero-order valence-electron chi connectivity index (χ0n) is 16.5. The molecule has 0 fully saturated rings. The minimum atomic E-state index is -0.804. The molecule has 148 valence electrons. The van der Waals surface area contributed by atoms with Gasteiger partial charge in [-0.15, -0.1) is 0 Å². The number of hydrogen-bond donors (Lipinski definition) is 0. The molecule has 0 aromatic heterocycles. The fourth-order valence-electron chi connectivity index (χ4n) is 3.06. The Morgan fingerprint density at radius 2 is 1.57 bits per heavy atom. The minimum Gasteiger partial charge on any atom is -0.493 e. The first-order chi connectivity index (χ1) is 13.5. The summed E-state index contributed by atoms with van der Waals surface area (Å²) in [7, 11) is 5.93. The molecular weight excluding hydrogens is 362 g/mol. The van der Waals surface area contributed by atoms with Crippen LogP contribution in [0.5, 0.6) is 17.2 Å². The third-order valence-electron chi connectivity index (χ3n) is 4.54. The van der Waals surface area contributed by atoms with E-state index in [1.54, 1.807) is 12.1 Å². The average molecular weight is 385 g/mol. The van der Waals surface area contributed by atoms with Gasteiger partial charge in [0, 0.05) is 5.56 Å². The first kappa shape index (κ1) is 19.5. The molecule has 7 nitrogen and oxygen atoms in total. The van der Waals surface area contributed by atoms with Gasteiger partial charge >= 0.3 is 5.97 Å². The highest BCUT2D eigenvalue weighted by atomic mass is 16.5. The molecule has 0 amide bonds. The Morgan fingerprint density at radius 1 is 0.964 bits per heavy atom. The van der Waals surface area contributed by atoms with Gasteiger partial charge in [0.15, 0.2) is 23.6 Å². The molecule has 1 aliphatic rings. The van der Waals surface area contributed by atoms with Gasteiger partial charge in [-0.3, -0.25) is 0 Å². The second kappa shape index (κ2) is 8.21. The second-order valence-electron chi connectivity index (χ2n) is 6.27. The summed E-state index contributed by atoms with van der Waals surface area (Å²) in [5.74, 6) is 1.24. The van der Waals surface area contributed by atoms with Gasteiger partial charge in [-0.1, -0.05) is 29.8 Å². The van der Waals surface area contributed by atoms with Crippen LogP contribution in [-0.4, -0.2) is 46.3 Å². The number of nitrogens with zero attached hydrogens (tertiary/aromatic N) is 1. The quantitative estimate of drug-likeness (QED) is 0.712. The van der Waals surface area contributed by atoms with Crippen LogP contribution in [-0.2, 0) is 14.3 Å². The molecule has 28 heavy (non-hydrogen) atoms. The molecule has 1 aliphatic heterocycles. The normalized spacial score (nSPS) is 18.1. The highest BCUT2D eigenvalue weighted by Crippen LogP contribution is 2.40. The van der Waals surface area contributed by atoms with E-state index in [4.69, 9.17) is 23.7 Å². The molecule has 2 aromatic rings. The van der Waals surface area contributed by atoms with Crippen LogP contribution in [0.1, 0.15) is 22.8 Å². The number of aliphatic imine (C=N–C) groups is 1. The standard InChI is InChI=1S/C21H23NO6/c1-12-6-8-13(9-7-12)18-17(21(23)27-5)22-20(28-18)14-10-15(24-2)19(26-4)16(11-14)25-3/h6-11,17-18H,1-5H3/t17-,18-/m0/s1. The lowest BCUT2D eigenvalue weighted by Crippen LogP contribution is -2.25. The number of benzene rings is 2. The van der Waals surface area contributed by atoms with Crippen molar-refractivity contribution in [2.45, 2.75) is 19.1 Å². The van der Waals surface area contributed by atoms with Gasteiger partial charge in [0.2, 0.25) is 11.6 Å². The van der Waals surface area contributed by atoms with Crippen molar-refractivity contribution in [3.05, 3.63) is 53.1 Å². The molecule has 7 heteroatoms. The van der Waals surface area contributed by atoms with Crippen LogP contribution in [0.15, 0.2) is 41.4 Å². The van der Waals surface area contributed by atoms with E-state index in [0.29, 0.717) is 28.7 Å². The number of methoxy groups -OCH3 is 4. The summed E-state index contributed by atoms with van der Waals surface area (Å²) in [6.07, 6.45) is -0.581.